The maximum Gasteiger partial charge on any atom is 0.482 e. The molecule has 3 N–H and O–H groups in total. The number of nitrogens with zero attached hydrogens (tertiary/aromatic N) is 4. The minimum atomic E-state index is -4.50. The van der Waals surface area contributed by atoms with Gasteiger partial charge in [-0.1, -0.05) is 6.07 Å². The zero-order valence-electron chi connectivity index (χ0n) is 16.7. The highest BCUT2D eigenvalue weighted by atomic mass is 19.4. The number of amides is 1. The number of nitrogens with one attached hydrogen (secondary N) is 3. The summed E-state index contributed by atoms with van der Waals surface area (Å²) in [6.07, 6.45) is -5.59. The molecule has 1 aliphatic rings. The van der Waals surface area contributed by atoms with Crippen LogP contribution in [-0.2, 0) is 11.0 Å². The molecule has 9 nitrogen and oxygen atoms in total. The molecule has 0 saturated heterocycles. The summed E-state index contributed by atoms with van der Waals surface area (Å²) in [5, 5.41) is 11.9. The summed E-state index contributed by atoms with van der Waals surface area (Å²) >= 11 is 0. The van der Waals surface area contributed by atoms with E-state index in [1.165, 1.54) is 47.2 Å². The van der Waals surface area contributed by atoms with Crippen LogP contribution >= 0.6 is 0 Å². The summed E-state index contributed by atoms with van der Waals surface area (Å²) < 4.78 is 71.4. The van der Waals surface area contributed by atoms with Gasteiger partial charge in [-0.25, -0.2) is 9.50 Å². The van der Waals surface area contributed by atoms with Crippen molar-refractivity contribution in [3.05, 3.63) is 60.4 Å². The van der Waals surface area contributed by atoms with Gasteiger partial charge in [0.05, 0.1) is 11.3 Å². The number of halogens is 5. The molecule has 174 valence electrons. The Hall–Kier alpha value is -4.49. The Kier molecular flexibility index (Phi) is 4.73. The number of carbonyl (C=O) groups excluding carboxylic acids is 1. The van der Waals surface area contributed by atoms with Gasteiger partial charge in [0.2, 0.25) is 11.6 Å². The average molecular weight is 477 g/mol. The molecule has 0 fully saturated rings. The number of rotatable bonds is 4. The third-order valence-electron chi connectivity index (χ3n) is 4.69. The minimum Gasteiger partial charge on any atom is -0.423 e. The second-order valence-corrected chi connectivity index (χ2v) is 7.09. The van der Waals surface area contributed by atoms with Crippen molar-refractivity contribution in [1.82, 2.24) is 19.6 Å². The number of aromatic nitrogens is 4. The highest BCUT2D eigenvalue weighted by Crippen LogP contribution is 2.37. The number of fused-ring (bicyclic) bond motifs is 2. The minimum absolute atomic E-state index is 0.0173. The molecule has 4 aromatic rings. The quantitative estimate of drug-likeness (QED) is 0.370. The fraction of sp³-hybridized carbons (Fsp3) is 0.100. The molecule has 5 rings (SSSR count). The van der Waals surface area contributed by atoms with Crippen molar-refractivity contribution >= 4 is 40.4 Å². The van der Waals surface area contributed by atoms with Gasteiger partial charge in [-0.15, -0.1) is 5.10 Å². The summed E-state index contributed by atoms with van der Waals surface area (Å²) in [7, 11) is 0. The number of hydrogen-bond donors (Lipinski definition) is 3. The zero-order valence-corrected chi connectivity index (χ0v) is 16.7. The summed E-state index contributed by atoms with van der Waals surface area (Å²) in [5.41, 5.74) is -0.0754. The van der Waals surface area contributed by atoms with Gasteiger partial charge in [-0.3, -0.25) is 4.79 Å². The zero-order chi connectivity index (χ0) is 24.1. The molecule has 14 heteroatoms. The number of benzene rings is 2. The number of ether oxygens (including phenoxy) is 1. The number of hydrogen-bond acceptors (Lipinski definition) is 7. The average Bonchev–Trinajstić information content (AvgIpc) is 3.18. The van der Waals surface area contributed by atoms with E-state index in [1.54, 1.807) is 0 Å². The van der Waals surface area contributed by atoms with Crippen molar-refractivity contribution in [2.75, 3.05) is 16.0 Å². The molecule has 0 bridgehead atoms. The highest BCUT2D eigenvalue weighted by molar-refractivity contribution is 5.99. The van der Waals surface area contributed by atoms with Gasteiger partial charge in [-0.05, 0) is 36.4 Å². The van der Waals surface area contributed by atoms with Crippen LogP contribution in [0.1, 0.15) is 5.56 Å². The summed E-state index contributed by atoms with van der Waals surface area (Å²) in [4.78, 5) is 19.9. The standard InChI is InChI=1S/C20H12F5N7O2/c21-19(22,23)10-2-1-3-11(8-10)28-18-30-16-15(26-6-7-32(16)31-18)27-12-4-5-14-13(9-12)29-17(33)20(24,25)34-14/h1-9H,(H,26,27)(H,28,31)(H,29,33). The van der Waals surface area contributed by atoms with Crippen molar-refractivity contribution < 1.29 is 31.5 Å². The maximum atomic E-state index is 13.4. The first-order valence-electron chi connectivity index (χ1n) is 9.53. The fourth-order valence-electron chi connectivity index (χ4n) is 3.17. The third-order valence-corrected chi connectivity index (χ3v) is 4.69. The van der Waals surface area contributed by atoms with E-state index in [9.17, 15) is 26.7 Å². The van der Waals surface area contributed by atoms with Crippen LogP contribution in [0.2, 0.25) is 0 Å². The largest absolute Gasteiger partial charge is 0.482 e. The molecule has 1 aliphatic heterocycles. The Morgan fingerprint density at radius 3 is 2.65 bits per heavy atom. The Morgan fingerprint density at radius 2 is 1.85 bits per heavy atom. The van der Waals surface area contributed by atoms with Crippen LogP contribution in [0, 0.1) is 0 Å². The first kappa shape index (κ1) is 21.4. The molecule has 2 aromatic carbocycles. The smallest absolute Gasteiger partial charge is 0.423 e. The van der Waals surface area contributed by atoms with Crippen LogP contribution in [0.4, 0.5) is 50.8 Å². The molecule has 0 aliphatic carbocycles. The second kappa shape index (κ2) is 7.54. The van der Waals surface area contributed by atoms with E-state index in [1.807, 2.05) is 0 Å². The summed E-state index contributed by atoms with van der Waals surface area (Å²) in [6, 6.07) is 8.60. The van der Waals surface area contributed by atoms with E-state index >= 15 is 0 Å². The van der Waals surface area contributed by atoms with Crippen LogP contribution in [0.3, 0.4) is 0 Å². The van der Waals surface area contributed by atoms with Gasteiger partial charge in [0.25, 0.3) is 0 Å². The monoisotopic (exact) mass is 477 g/mol. The normalized spacial score (nSPS) is 14.8. The van der Waals surface area contributed by atoms with Crippen LogP contribution in [0.15, 0.2) is 54.9 Å². The van der Waals surface area contributed by atoms with Gasteiger partial charge >= 0.3 is 18.2 Å². The molecule has 2 aromatic heterocycles. The molecule has 0 saturated carbocycles. The molecular formula is C20H12F5N7O2. The second-order valence-electron chi connectivity index (χ2n) is 7.09. The lowest BCUT2D eigenvalue weighted by molar-refractivity contribution is -0.189. The van der Waals surface area contributed by atoms with Crippen LogP contribution in [0.25, 0.3) is 5.65 Å². The number of carbonyl (C=O) groups is 1. The number of anilines is 5. The van der Waals surface area contributed by atoms with Crippen LogP contribution in [-0.4, -0.2) is 31.6 Å². The molecule has 0 radical (unpaired) electrons. The fourth-order valence-corrected chi connectivity index (χ4v) is 3.17. The van der Waals surface area contributed by atoms with E-state index in [0.29, 0.717) is 5.69 Å². The Balaban J connectivity index is 1.41. The lowest BCUT2D eigenvalue weighted by atomic mass is 10.2. The predicted octanol–water partition coefficient (Wildman–Crippen LogP) is 4.55. The Labute approximate surface area is 186 Å². The van der Waals surface area contributed by atoms with Gasteiger partial charge < -0.3 is 20.7 Å². The van der Waals surface area contributed by atoms with Gasteiger partial charge in [0.15, 0.2) is 11.6 Å². The van der Waals surface area contributed by atoms with Crippen molar-refractivity contribution in [1.29, 1.82) is 0 Å². The maximum absolute atomic E-state index is 13.4. The summed E-state index contributed by atoms with van der Waals surface area (Å²) in [6.45, 7) is 0. The molecule has 3 heterocycles. The SMILES string of the molecule is O=C1Nc2cc(Nc3nccn4nc(Nc5cccc(C(F)(F)F)c5)nc34)ccc2OC1(F)F. The first-order chi connectivity index (χ1) is 16.1. The molecule has 1 amide bonds. The molecule has 0 atom stereocenters. The van der Waals surface area contributed by atoms with E-state index in [4.69, 9.17) is 0 Å². The van der Waals surface area contributed by atoms with Gasteiger partial charge in [0, 0.05) is 23.8 Å². The van der Waals surface area contributed by atoms with E-state index in [0.717, 1.165) is 12.1 Å². The van der Waals surface area contributed by atoms with Crippen molar-refractivity contribution in [2.24, 2.45) is 0 Å². The Bertz CT molecular complexity index is 1420. The highest BCUT2D eigenvalue weighted by Gasteiger charge is 2.46. The Morgan fingerprint density at radius 1 is 1.06 bits per heavy atom. The lowest BCUT2D eigenvalue weighted by Gasteiger charge is -2.25. The van der Waals surface area contributed by atoms with Crippen molar-refractivity contribution in [3.63, 3.8) is 0 Å². The topological polar surface area (TPSA) is 105 Å². The predicted molar refractivity (Wildman–Crippen MR) is 109 cm³/mol. The van der Waals surface area contributed by atoms with E-state index in [-0.39, 0.29) is 34.5 Å². The van der Waals surface area contributed by atoms with Crippen LogP contribution in [0.5, 0.6) is 5.75 Å². The third kappa shape index (κ3) is 4.00. The van der Waals surface area contributed by atoms with Crippen molar-refractivity contribution in [2.45, 2.75) is 12.3 Å². The van der Waals surface area contributed by atoms with E-state index < -0.39 is 23.8 Å². The number of alkyl halides is 5. The van der Waals surface area contributed by atoms with Gasteiger partial charge in [-0.2, -0.15) is 26.9 Å². The first-order valence-corrected chi connectivity index (χ1v) is 9.53. The van der Waals surface area contributed by atoms with E-state index in [2.05, 4.69) is 35.8 Å². The molecule has 34 heavy (non-hydrogen) atoms. The van der Waals surface area contributed by atoms with Crippen LogP contribution < -0.4 is 20.7 Å². The summed E-state index contributed by atoms with van der Waals surface area (Å²) in [5.74, 6) is -1.58. The van der Waals surface area contributed by atoms with Crippen molar-refractivity contribution in [3.8, 4) is 5.75 Å². The molecule has 0 spiro atoms. The van der Waals surface area contributed by atoms with Gasteiger partial charge in [0.1, 0.15) is 0 Å². The lowest BCUT2D eigenvalue weighted by Crippen LogP contribution is -2.43. The molecule has 0 unspecified atom stereocenters. The molecular weight excluding hydrogens is 465 g/mol.